The van der Waals surface area contributed by atoms with E-state index in [1.807, 2.05) is 0 Å². The fourth-order valence-electron chi connectivity index (χ4n) is 2.33. The van der Waals surface area contributed by atoms with Crippen LogP contribution in [0, 0.1) is 5.92 Å². The van der Waals surface area contributed by atoms with Crippen molar-refractivity contribution in [1.82, 2.24) is 5.32 Å². The number of amides is 2. The van der Waals surface area contributed by atoms with Gasteiger partial charge in [0, 0.05) is 5.71 Å². The zero-order valence-corrected chi connectivity index (χ0v) is 12.2. The molecule has 1 aliphatic rings. The Morgan fingerprint density at radius 2 is 2.14 bits per heavy atom. The van der Waals surface area contributed by atoms with Crippen LogP contribution in [0.3, 0.4) is 0 Å². The van der Waals surface area contributed by atoms with E-state index in [-0.39, 0.29) is 11.9 Å². The second-order valence-corrected chi connectivity index (χ2v) is 5.24. The summed E-state index contributed by atoms with van der Waals surface area (Å²) in [5.74, 6) is -1.08. The third kappa shape index (κ3) is 3.39. The number of carbonyl (C=O) groups excluding carboxylic acids is 2. The van der Waals surface area contributed by atoms with Crippen LogP contribution in [0.1, 0.15) is 32.4 Å². The smallest absolute Gasteiger partial charge is 0.341 e. The Bertz CT molecular complexity index is 595. The van der Waals surface area contributed by atoms with Gasteiger partial charge in [0.15, 0.2) is 0 Å². The lowest BCUT2D eigenvalue weighted by atomic mass is 9.88. The summed E-state index contributed by atoms with van der Waals surface area (Å²) in [6.45, 7) is 5.14. The molecule has 0 bridgehead atoms. The summed E-state index contributed by atoms with van der Waals surface area (Å²) >= 11 is 0. The number of hydrogen-bond acceptors (Lipinski definition) is 4. The number of phenols is 1. The van der Waals surface area contributed by atoms with Crippen molar-refractivity contribution in [2.45, 2.75) is 32.9 Å². The van der Waals surface area contributed by atoms with Crippen LogP contribution in [0.15, 0.2) is 29.3 Å². The van der Waals surface area contributed by atoms with E-state index in [9.17, 15) is 14.7 Å². The van der Waals surface area contributed by atoms with Crippen molar-refractivity contribution in [3.63, 3.8) is 0 Å². The summed E-state index contributed by atoms with van der Waals surface area (Å²) in [5, 5.41) is 12.2. The van der Waals surface area contributed by atoms with Crippen molar-refractivity contribution in [3.05, 3.63) is 29.8 Å². The van der Waals surface area contributed by atoms with E-state index in [1.54, 1.807) is 32.9 Å². The number of rotatable bonds is 3. The first-order valence-corrected chi connectivity index (χ1v) is 6.73. The van der Waals surface area contributed by atoms with Gasteiger partial charge >= 0.3 is 12.0 Å². The molecule has 1 aromatic carbocycles. The lowest BCUT2D eigenvalue weighted by Gasteiger charge is -2.30. The van der Waals surface area contributed by atoms with Crippen molar-refractivity contribution in [1.29, 1.82) is 0 Å². The van der Waals surface area contributed by atoms with E-state index >= 15 is 0 Å². The van der Waals surface area contributed by atoms with Crippen molar-refractivity contribution in [2.24, 2.45) is 10.9 Å². The third-order valence-corrected chi connectivity index (χ3v) is 3.18. The zero-order valence-electron chi connectivity index (χ0n) is 12.2. The highest BCUT2D eigenvalue weighted by atomic mass is 16.5. The van der Waals surface area contributed by atoms with Crippen LogP contribution < -0.4 is 5.32 Å². The van der Waals surface area contributed by atoms with Crippen molar-refractivity contribution >= 4 is 17.7 Å². The Morgan fingerprint density at radius 1 is 1.43 bits per heavy atom. The molecule has 0 spiro atoms. The van der Waals surface area contributed by atoms with Crippen LogP contribution >= 0.6 is 0 Å². The Balaban J connectivity index is 2.38. The topological polar surface area (TPSA) is 88.0 Å². The summed E-state index contributed by atoms with van der Waals surface area (Å²) in [7, 11) is 0. The molecule has 0 aromatic heterocycles. The van der Waals surface area contributed by atoms with Gasteiger partial charge in [-0.2, -0.15) is 0 Å². The lowest BCUT2D eigenvalue weighted by Crippen LogP contribution is -2.44. The number of urea groups is 1. The number of benzene rings is 1. The molecular weight excluding hydrogens is 272 g/mol. The Labute approximate surface area is 122 Å². The number of nitrogens with one attached hydrogen (secondary N) is 1. The fraction of sp³-hybridized carbons (Fsp3) is 0.400. The fourth-order valence-corrected chi connectivity index (χ4v) is 2.33. The molecule has 2 rings (SSSR count). The van der Waals surface area contributed by atoms with Crippen molar-refractivity contribution in [2.75, 3.05) is 0 Å². The summed E-state index contributed by atoms with van der Waals surface area (Å²) in [4.78, 5) is 27.7. The molecule has 2 unspecified atom stereocenters. The first kappa shape index (κ1) is 15.0. The highest BCUT2D eigenvalue weighted by molar-refractivity contribution is 6.08. The second-order valence-electron chi connectivity index (χ2n) is 5.24. The van der Waals surface area contributed by atoms with E-state index in [4.69, 9.17) is 4.74 Å². The maximum atomic E-state index is 12.3. The van der Waals surface area contributed by atoms with E-state index in [1.165, 1.54) is 12.1 Å². The lowest BCUT2D eigenvalue weighted by molar-refractivity contribution is -0.150. The standard InChI is InChI=1S/C15H18N2O4/c1-8(2)21-14(19)12-9(3)16-15(20)17-13(12)10-5-4-6-11(18)7-10/h4-8,12-13,18H,1-3H3,(H,17,20). The summed E-state index contributed by atoms with van der Waals surface area (Å²) < 4.78 is 5.24. The Morgan fingerprint density at radius 3 is 2.76 bits per heavy atom. The minimum Gasteiger partial charge on any atom is -0.508 e. The third-order valence-electron chi connectivity index (χ3n) is 3.18. The number of nitrogens with zero attached hydrogens (tertiary/aromatic N) is 1. The molecular formula is C15H18N2O4. The first-order valence-electron chi connectivity index (χ1n) is 6.73. The summed E-state index contributed by atoms with van der Waals surface area (Å²) in [6, 6.07) is 5.32. The van der Waals surface area contributed by atoms with Crippen molar-refractivity contribution in [3.8, 4) is 5.75 Å². The molecule has 6 heteroatoms. The maximum Gasteiger partial charge on any atom is 0.341 e. The van der Waals surface area contributed by atoms with E-state index in [0.717, 1.165) is 0 Å². The quantitative estimate of drug-likeness (QED) is 0.835. The molecule has 0 aliphatic carbocycles. The van der Waals surface area contributed by atoms with Gasteiger partial charge in [0.25, 0.3) is 0 Å². The van der Waals surface area contributed by atoms with Gasteiger partial charge in [-0.05, 0) is 38.5 Å². The van der Waals surface area contributed by atoms with Crippen LogP contribution in [0.4, 0.5) is 4.79 Å². The molecule has 0 saturated carbocycles. The number of ether oxygens (including phenoxy) is 1. The Kier molecular flexibility index (Phi) is 4.26. The van der Waals surface area contributed by atoms with Crippen LogP contribution in [-0.2, 0) is 9.53 Å². The van der Waals surface area contributed by atoms with Gasteiger partial charge in [-0.25, -0.2) is 9.79 Å². The minimum absolute atomic E-state index is 0.0675. The average molecular weight is 290 g/mol. The monoisotopic (exact) mass is 290 g/mol. The Hall–Kier alpha value is -2.37. The molecule has 0 saturated heterocycles. The summed E-state index contributed by atoms with van der Waals surface area (Å²) in [6.07, 6.45) is -0.257. The SMILES string of the molecule is CC1=NC(=O)NC(c2cccc(O)c2)C1C(=O)OC(C)C. The zero-order chi connectivity index (χ0) is 15.6. The molecule has 2 amide bonds. The number of carbonyl (C=O) groups is 2. The van der Waals surface area contributed by atoms with E-state index < -0.39 is 24.0 Å². The molecule has 0 fully saturated rings. The molecule has 2 atom stereocenters. The molecule has 1 aliphatic heterocycles. The normalized spacial score (nSPS) is 21.7. The number of hydrogen-bond donors (Lipinski definition) is 2. The molecule has 6 nitrogen and oxygen atoms in total. The molecule has 1 aromatic rings. The molecule has 112 valence electrons. The van der Waals surface area contributed by atoms with Crippen LogP contribution in [0.2, 0.25) is 0 Å². The highest BCUT2D eigenvalue weighted by Crippen LogP contribution is 2.29. The molecule has 0 radical (unpaired) electrons. The predicted octanol–water partition coefficient (Wildman–Crippen LogP) is 2.19. The van der Waals surface area contributed by atoms with Gasteiger partial charge in [0.1, 0.15) is 11.7 Å². The van der Waals surface area contributed by atoms with Crippen LogP contribution in [-0.4, -0.2) is 28.9 Å². The number of phenolic OH excluding ortho intramolecular Hbond substituents is 1. The van der Waals surface area contributed by atoms with E-state index in [0.29, 0.717) is 11.3 Å². The van der Waals surface area contributed by atoms with Gasteiger partial charge in [-0.1, -0.05) is 12.1 Å². The van der Waals surface area contributed by atoms with Crippen LogP contribution in [0.25, 0.3) is 0 Å². The van der Waals surface area contributed by atoms with Crippen molar-refractivity contribution < 1.29 is 19.4 Å². The van der Waals surface area contributed by atoms with Gasteiger partial charge < -0.3 is 15.2 Å². The molecule has 2 N–H and O–H groups in total. The average Bonchev–Trinajstić information content (AvgIpc) is 2.36. The number of aliphatic imine (C=N–C) groups is 1. The second kappa shape index (κ2) is 5.95. The predicted molar refractivity (Wildman–Crippen MR) is 77.2 cm³/mol. The van der Waals surface area contributed by atoms with Crippen LogP contribution in [0.5, 0.6) is 5.75 Å². The largest absolute Gasteiger partial charge is 0.508 e. The number of esters is 1. The minimum atomic E-state index is -0.702. The van der Waals surface area contributed by atoms with Gasteiger partial charge in [-0.15, -0.1) is 0 Å². The number of aromatic hydroxyl groups is 1. The molecule has 1 heterocycles. The van der Waals surface area contributed by atoms with Gasteiger partial charge in [0.05, 0.1) is 12.1 Å². The maximum absolute atomic E-state index is 12.3. The molecule has 21 heavy (non-hydrogen) atoms. The highest BCUT2D eigenvalue weighted by Gasteiger charge is 2.38. The van der Waals surface area contributed by atoms with E-state index in [2.05, 4.69) is 10.3 Å². The first-order chi connectivity index (χ1) is 9.88. The summed E-state index contributed by atoms with van der Waals surface area (Å²) in [5.41, 5.74) is 1.03. The van der Waals surface area contributed by atoms with Gasteiger partial charge in [0.2, 0.25) is 0 Å². The van der Waals surface area contributed by atoms with Gasteiger partial charge in [-0.3, -0.25) is 4.79 Å².